The molecule has 33 heavy (non-hydrogen) atoms. The van der Waals surface area contributed by atoms with Crippen LogP contribution in [0.2, 0.25) is 0 Å². The fourth-order valence-corrected chi connectivity index (χ4v) is 4.61. The molecule has 0 aliphatic heterocycles. The second-order valence-corrected chi connectivity index (χ2v) is 9.02. The number of para-hydroxylation sites is 1. The molecule has 1 aromatic heterocycles. The van der Waals surface area contributed by atoms with Gasteiger partial charge in [-0.2, -0.15) is 5.10 Å². The fraction of sp³-hybridized carbons (Fsp3) is 0.214. The van der Waals surface area contributed by atoms with E-state index in [0.29, 0.717) is 11.8 Å². The number of carbonyl (C=O) groups is 1. The highest BCUT2D eigenvalue weighted by Gasteiger charge is 2.40. The van der Waals surface area contributed by atoms with Crippen molar-refractivity contribution < 1.29 is 4.79 Å². The predicted octanol–water partition coefficient (Wildman–Crippen LogP) is 5.63. The minimum Gasteiger partial charge on any atom is -0.328 e. The van der Waals surface area contributed by atoms with Gasteiger partial charge in [0.25, 0.3) is 0 Å². The third-order valence-corrected chi connectivity index (χ3v) is 6.32. The van der Waals surface area contributed by atoms with E-state index < -0.39 is 0 Å². The lowest BCUT2D eigenvalue weighted by atomic mass is 10.0. The molecule has 4 aromatic rings. The zero-order valence-electron chi connectivity index (χ0n) is 19.0. The number of nitrogens with zero attached hydrogens (tertiary/aromatic N) is 2. The van der Waals surface area contributed by atoms with Crippen LogP contribution >= 0.6 is 0 Å². The highest BCUT2D eigenvalue weighted by atomic mass is 16.1. The Morgan fingerprint density at radius 1 is 1.03 bits per heavy atom. The van der Waals surface area contributed by atoms with Crippen LogP contribution in [-0.2, 0) is 11.3 Å². The molecule has 2 N–H and O–H groups in total. The molecule has 1 fully saturated rings. The molecule has 5 heteroatoms. The second kappa shape index (κ2) is 9.04. The van der Waals surface area contributed by atoms with Gasteiger partial charge in [0.2, 0.25) is 6.41 Å². The summed E-state index contributed by atoms with van der Waals surface area (Å²) in [7, 11) is 4.16. The number of amides is 1. The van der Waals surface area contributed by atoms with Crippen molar-refractivity contribution in [1.82, 2.24) is 15.1 Å². The number of anilines is 1. The molecule has 5 rings (SSSR count). The Kier molecular flexibility index (Phi) is 5.80. The molecule has 2 unspecified atom stereocenters. The number of carbonyl (C=O) groups excluding carboxylic acids is 1. The van der Waals surface area contributed by atoms with Crippen LogP contribution in [0.5, 0.6) is 0 Å². The van der Waals surface area contributed by atoms with Gasteiger partial charge in [-0.15, -0.1) is 0 Å². The highest BCUT2D eigenvalue weighted by Crippen LogP contribution is 2.56. The Balaban J connectivity index is 1.32. The van der Waals surface area contributed by atoms with Gasteiger partial charge in [-0.1, -0.05) is 60.7 Å². The standard InChI is InChI=1S/C28H28N4O/c1-32(2)17-20-9-7-19(8-10-20)11-14-27-23-13-12-21(15-28(23)31-30-27)24-16-25(24)22-5-3-4-6-26(22)29-18-33/h3-15,18,24-25H,16-17H2,1-2H3,(H,29,33)(H,30,31)/b14-11+. The molecular weight excluding hydrogens is 408 g/mol. The summed E-state index contributed by atoms with van der Waals surface area (Å²) in [5.41, 5.74) is 7.89. The van der Waals surface area contributed by atoms with E-state index in [-0.39, 0.29) is 0 Å². The quantitative estimate of drug-likeness (QED) is 0.352. The molecule has 0 spiro atoms. The molecule has 1 amide bonds. The lowest BCUT2D eigenvalue weighted by Gasteiger charge is -2.09. The Morgan fingerprint density at radius 3 is 2.64 bits per heavy atom. The third-order valence-electron chi connectivity index (χ3n) is 6.32. The number of aromatic amines is 1. The summed E-state index contributed by atoms with van der Waals surface area (Å²) in [5, 5.41) is 11.7. The van der Waals surface area contributed by atoms with Crippen molar-refractivity contribution in [3.05, 3.63) is 94.7 Å². The topological polar surface area (TPSA) is 61.0 Å². The van der Waals surface area contributed by atoms with E-state index in [1.165, 1.54) is 16.7 Å². The Bertz CT molecular complexity index is 1300. The first-order valence-electron chi connectivity index (χ1n) is 11.3. The highest BCUT2D eigenvalue weighted by molar-refractivity contribution is 5.90. The maximum atomic E-state index is 10.9. The summed E-state index contributed by atoms with van der Waals surface area (Å²) < 4.78 is 0. The van der Waals surface area contributed by atoms with Gasteiger partial charge in [0.15, 0.2) is 0 Å². The summed E-state index contributed by atoms with van der Waals surface area (Å²) in [6.07, 6.45) is 6.02. The number of nitrogens with one attached hydrogen (secondary N) is 2. The first-order chi connectivity index (χ1) is 16.1. The van der Waals surface area contributed by atoms with Gasteiger partial charge >= 0.3 is 0 Å². The number of rotatable bonds is 8. The Labute approximate surface area is 194 Å². The normalized spacial score (nSPS) is 17.7. The van der Waals surface area contributed by atoms with Crippen molar-refractivity contribution in [3.8, 4) is 0 Å². The van der Waals surface area contributed by atoms with Gasteiger partial charge in [-0.3, -0.25) is 9.89 Å². The van der Waals surface area contributed by atoms with Crippen molar-refractivity contribution in [2.45, 2.75) is 24.8 Å². The lowest BCUT2D eigenvalue weighted by molar-refractivity contribution is -0.105. The number of hydrogen-bond acceptors (Lipinski definition) is 3. The van der Waals surface area contributed by atoms with Crippen LogP contribution in [0.25, 0.3) is 23.1 Å². The van der Waals surface area contributed by atoms with E-state index >= 15 is 0 Å². The molecule has 2 atom stereocenters. The summed E-state index contributed by atoms with van der Waals surface area (Å²) >= 11 is 0. The zero-order valence-corrected chi connectivity index (χ0v) is 19.0. The van der Waals surface area contributed by atoms with Crippen molar-refractivity contribution in [1.29, 1.82) is 0 Å². The van der Waals surface area contributed by atoms with Crippen molar-refractivity contribution >= 4 is 35.2 Å². The molecule has 1 heterocycles. The first-order valence-corrected chi connectivity index (χ1v) is 11.3. The van der Waals surface area contributed by atoms with Crippen LogP contribution in [-0.4, -0.2) is 35.6 Å². The Morgan fingerprint density at radius 2 is 1.85 bits per heavy atom. The molecule has 166 valence electrons. The van der Waals surface area contributed by atoms with E-state index in [4.69, 9.17) is 0 Å². The maximum absolute atomic E-state index is 10.9. The van der Waals surface area contributed by atoms with Gasteiger partial charge < -0.3 is 10.2 Å². The van der Waals surface area contributed by atoms with E-state index in [2.05, 4.69) is 95.2 Å². The molecule has 1 saturated carbocycles. The number of H-pyrrole nitrogens is 1. The number of benzene rings is 3. The van der Waals surface area contributed by atoms with Crippen LogP contribution < -0.4 is 5.32 Å². The molecule has 1 aliphatic carbocycles. The van der Waals surface area contributed by atoms with Gasteiger partial charge in [0.05, 0.1) is 11.2 Å². The molecule has 5 nitrogen and oxygen atoms in total. The fourth-order valence-electron chi connectivity index (χ4n) is 4.61. The van der Waals surface area contributed by atoms with Gasteiger partial charge in [0, 0.05) is 17.6 Å². The average molecular weight is 437 g/mol. The van der Waals surface area contributed by atoms with Crippen LogP contribution in [0.4, 0.5) is 5.69 Å². The average Bonchev–Trinajstić information content (AvgIpc) is 3.51. The molecule has 0 radical (unpaired) electrons. The minimum atomic E-state index is 0.434. The van der Waals surface area contributed by atoms with Crippen molar-refractivity contribution in [2.75, 3.05) is 19.4 Å². The number of fused-ring (bicyclic) bond motifs is 1. The number of aromatic nitrogens is 2. The largest absolute Gasteiger partial charge is 0.328 e. The molecule has 0 saturated heterocycles. The molecule has 3 aromatic carbocycles. The summed E-state index contributed by atoms with van der Waals surface area (Å²) in [5.74, 6) is 0.899. The van der Waals surface area contributed by atoms with Crippen LogP contribution in [0.1, 0.15) is 46.2 Å². The van der Waals surface area contributed by atoms with E-state index in [1.807, 2.05) is 18.2 Å². The summed E-state index contributed by atoms with van der Waals surface area (Å²) in [6, 6.07) is 23.3. The van der Waals surface area contributed by atoms with Crippen molar-refractivity contribution in [3.63, 3.8) is 0 Å². The Hall–Kier alpha value is -3.70. The zero-order chi connectivity index (χ0) is 22.8. The van der Waals surface area contributed by atoms with Gasteiger partial charge in [0.1, 0.15) is 0 Å². The molecule has 0 bridgehead atoms. The summed E-state index contributed by atoms with van der Waals surface area (Å²) in [6.45, 7) is 0.942. The summed E-state index contributed by atoms with van der Waals surface area (Å²) in [4.78, 5) is 13.1. The van der Waals surface area contributed by atoms with Crippen molar-refractivity contribution in [2.24, 2.45) is 0 Å². The van der Waals surface area contributed by atoms with E-state index in [9.17, 15) is 4.79 Å². The van der Waals surface area contributed by atoms with Gasteiger partial charge in [-0.25, -0.2) is 0 Å². The SMILES string of the molecule is CN(C)Cc1ccc(/C=C/c2n[nH]c3cc(C4CC4c4ccccc4NC=O)ccc23)cc1. The second-order valence-electron chi connectivity index (χ2n) is 9.02. The monoisotopic (exact) mass is 436 g/mol. The maximum Gasteiger partial charge on any atom is 0.211 e. The van der Waals surface area contributed by atoms with Crippen LogP contribution in [0.15, 0.2) is 66.7 Å². The first kappa shape index (κ1) is 21.2. The smallest absolute Gasteiger partial charge is 0.211 e. The van der Waals surface area contributed by atoms with Gasteiger partial charge in [-0.05, 0) is 72.8 Å². The minimum absolute atomic E-state index is 0.434. The molecular formula is C28H28N4O. The van der Waals surface area contributed by atoms with E-state index in [1.54, 1.807) is 0 Å². The predicted molar refractivity (Wildman–Crippen MR) is 135 cm³/mol. The lowest BCUT2D eigenvalue weighted by Crippen LogP contribution is -2.10. The molecule has 1 aliphatic rings. The van der Waals surface area contributed by atoms with E-state index in [0.717, 1.165) is 47.2 Å². The number of hydrogen-bond donors (Lipinski definition) is 2. The van der Waals surface area contributed by atoms with Crippen LogP contribution in [0, 0.1) is 0 Å². The third kappa shape index (κ3) is 4.59. The van der Waals surface area contributed by atoms with Crippen LogP contribution in [0.3, 0.4) is 0 Å².